The summed E-state index contributed by atoms with van der Waals surface area (Å²) in [6.07, 6.45) is 4.75. The van der Waals surface area contributed by atoms with Gasteiger partial charge in [-0.15, -0.1) is 0 Å². The fourth-order valence-corrected chi connectivity index (χ4v) is 6.76. The standard InChI is InChI=1S/C31H46ClN5O6/c1-29(2,3)42-27(38)35-12-9-10-19(15-35)16-36(28(39)43-30(4,5)6)17-20-14-22(24-23(20)40-31(7,8)41-24)37-13-11-21-25(32)33-18-34-26(21)37/h11,13,18-20,22-24H,9-10,12,14-17H2,1-8H3/t19-,20+,22+,23+,24-/m0/s1. The maximum absolute atomic E-state index is 13.7. The molecular weight excluding hydrogens is 574 g/mol. The summed E-state index contributed by atoms with van der Waals surface area (Å²) < 4.78 is 26.6. The molecule has 5 rings (SSSR count). The van der Waals surface area contributed by atoms with Gasteiger partial charge >= 0.3 is 12.2 Å². The minimum Gasteiger partial charge on any atom is -0.444 e. The Kier molecular flexibility index (Phi) is 8.65. The number of fused-ring (bicyclic) bond motifs is 2. The summed E-state index contributed by atoms with van der Waals surface area (Å²) >= 11 is 6.36. The third kappa shape index (κ3) is 7.37. The minimum absolute atomic E-state index is 0.0235. The number of carbonyl (C=O) groups is 2. The Morgan fingerprint density at radius 2 is 1.77 bits per heavy atom. The molecular formula is C31H46ClN5O6. The van der Waals surface area contributed by atoms with Gasteiger partial charge in [0.05, 0.1) is 17.5 Å². The molecule has 0 N–H and O–H groups in total. The van der Waals surface area contributed by atoms with Crippen molar-refractivity contribution in [1.82, 2.24) is 24.3 Å². The van der Waals surface area contributed by atoms with Gasteiger partial charge in [-0.05, 0) is 86.6 Å². The van der Waals surface area contributed by atoms with Gasteiger partial charge in [0.1, 0.15) is 34.4 Å². The van der Waals surface area contributed by atoms with E-state index >= 15 is 0 Å². The third-order valence-corrected chi connectivity index (χ3v) is 8.43. The van der Waals surface area contributed by atoms with Crippen LogP contribution < -0.4 is 0 Å². The molecule has 0 bridgehead atoms. The lowest BCUT2D eigenvalue weighted by atomic mass is 9.96. The number of carbonyl (C=O) groups excluding carboxylic acids is 2. The lowest BCUT2D eigenvalue weighted by molar-refractivity contribution is -0.160. The largest absolute Gasteiger partial charge is 0.444 e. The van der Waals surface area contributed by atoms with E-state index in [-0.39, 0.29) is 42.3 Å². The van der Waals surface area contributed by atoms with E-state index in [1.807, 2.05) is 67.7 Å². The van der Waals surface area contributed by atoms with Gasteiger partial charge in [-0.25, -0.2) is 19.6 Å². The second-order valence-electron chi connectivity index (χ2n) is 14.6. The minimum atomic E-state index is -0.768. The van der Waals surface area contributed by atoms with E-state index in [2.05, 4.69) is 14.5 Å². The molecule has 11 nitrogen and oxygen atoms in total. The molecule has 4 heterocycles. The number of nitrogens with zero attached hydrogens (tertiary/aromatic N) is 5. The van der Waals surface area contributed by atoms with Crippen LogP contribution in [0.5, 0.6) is 0 Å². The number of aromatic nitrogens is 3. The van der Waals surface area contributed by atoms with Crippen molar-refractivity contribution in [2.45, 2.75) is 110 Å². The first kappa shape index (κ1) is 31.8. The number of ether oxygens (including phenoxy) is 4. The topological polar surface area (TPSA) is 108 Å². The Balaban J connectivity index is 1.37. The first-order valence-electron chi connectivity index (χ1n) is 15.3. The molecule has 2 aromatic heterocycles. The Bertz CT molecular complexity index is 1330. The molecule has 0 aromatic carbocycles. The van der Waals surface area contributed by atoms with E-state index < -0.39 is 17.0 Å². The van der Waals surface area contributed by atoms with E-state index in [1.165, 1.54) is 6.33 Å². The van der Waals surface area contributed by atoms with Crippen LogP contribution in [-0.4, -0.2) is 91.9 Å². The zero-order chi connectivity index (χ0) is 31.3. The zero-order valence-corrected chi connectivity index (χ0v) is 27.4. The monoisotopic (exact) mass is 619 g/mol. The Labute approximate surface area is 259 Å². The van der Waals surface area contributed by atoms with Gasteiger partial charge in [0, 0.05) is 38.3 Å². The first-order valence-corrected chi connectivity index (χ1v) is 15.7. The second kappa shape index (κ2) is 11.7. The molecule has 2 aliphatic heterocycles. The second-order valence-corrected chi connectivity index (χ2v) is 14.9. The van der Waals surface area contributed by atoms with Crippen molar-refractivity contribution in [2.75, 3.05) is 26.2 Å². The van der Waals surface area contributed by atoms with E-state index in [9.17, 15) is 9.59 Å². The molecule has 2 amide bonds. The molecule has 0 radical (unpaired) electrons. The summed E-state index contributed by atoms with van der Waals surface area (Å²) in [5.74, 6) is -0.702. The highest BCUT2D eigenvalue weighted by molar-refractivity contribution is 6.33. The average Bonchev–Trinajstić information content (AvgIpc) is 3.53. The molecule has 5 atom stereocenters. The predicted molar refractivity (Wildman–Crippen MR) is 162 cm³/mol. The molecule has 1 aliphatic carbocycles. The summed E-state index contributed by atoms with van der Waals surface area (Å²) in [6.45, 7) is 17.1. The summed E-state index contributed by atoms with van der Waals surface area (Å²) in [4.78, 5) is 38.7. The van der Waals surface area contributed by atoms with Crippen molar-refractivity contribution in [3.63, 3.8) is 0 Å². The third-order valence-electron chi connectivity index (χ3n) is 8.13. The quantitative estimate of drug-likeness (QED) is 0.372. The number of amides is 2. The fraction of sp³-hybridized carbons (Fsp3) is 0.742. The highest BCUT2D eigenvalue weighted by atomic mass is 35.5. The summed E-state index contributed by atoms with van der Waals surface area (Å²) in [5, 5.41) is 1.19. The molecule has 3 fully saturated rings. The smallest absolute Gasteiger partial charge is 0.410 e. The van der Waals surface area contributed by atoms with Gasteiger partial charge < -0.3 is 33.3 Å². The molecule has 2 aromatic rings. The Morgan fingerprint density at radius 3 is 2.47 bits per heavy atom. The number of piperidine rings is 1. The van der Waals surface area contributed by atoms with Crippen LogP contribution in [-0.2, 0) is 18.9 Å². The van der Waals surface area contributed by atoms with Crippen LogP contribution in [0.15, 0.2) is 18.6 Å². The molecule has 0 spiro atoms. The molecule has 43 heavy (non-hydrogen) atoms. The first-order chi connectivity index (χ1) is 20.0. The van der Waals surface area contributed by atoms with E-state index in [4.69, 9.17) is 30.5 Å². The summed E-state index contributed by atoms with van der Waals surface area (Å²) in [6, 6.07) is 1.85. The normalized spacial score (nSPS) is 27.3. The highest BCUT2D eigenvalue weighted by Crippen LogP contribution is 2.48. The average molecular weight is 620 g/mol. The molecule has 2 saturated heterocycles. The van der Waals surface area contributed by atoms with Crippen molar-refractivity contribution in [2.24, 2.45) is 11.8 Å². The fourth-order valence-electron chi connectivity index (χ4n) is 6.57. The van der Waals surface area contributed by atoms with Crippen molar-refractivity contribution >= 4 is 34.8 Å². The maximum atomic E-state index is 13.7. The summed E-state index contributed by atoms with van der Waals surface area (Å²) in [5.41, 5.74) is -0.476. The van der Waals surface area contributed by atoms with Crippen LogP contribution >= 0.6 is 11.6 Å². The Morgan fingerprint density at radius 1 is 1.07 bits per heavy atom. The van der Waals surface area contributed by atoms with Crippen LogP contribution in [0.1, 0.15) is 80.7 Å². The van der Waals surface area contributed by atoms with Crippen LogP contribution in [0.2, 0.25) is 5.15 Å². The zero-order valence-electron chi connectivity index (χ0n) is 26.6. The van der Waals surface area contributed by atoms with E-state index in [0.717, 1.165) is 23.9 Å². The van der Waals surface area contributed by atoms with Crippen molar-refractivity contribution in [3.8, 4) is 0 Å². The van der Waals surface area contributed by atoms with Gasteiger partial charge in [0.2, 0.25) is 0 Å². The van der Waals surface area contributed by atoms with E-state index in [1.54, 1.807) is 9.80 Å². The number of likely N-dealkylation sites (tertiary alicyclic amines) is 1. The van der Waals surface area contributed by atoms with Crippen LogP contribution in [0, 0.1) is 11.8 Å². The Hall–Kier alpha value is -2.63. The maximum Gasteiger partial charge on any atom is 0.410 e. The van der Waals surface area contributed by atoms with Crippen LogP contribution in [0.4, 0.5) is 9.59 Å². The number of rotatable bonds is 5. The number of hydrogen-bond acceptors (Lipinski definition) is 8. The SMILES string of the molecule is CC(C)(C)OC(=O)N1CCC[C@H](CN(C[C@H]2C[C@@H](n3ccc4c(Cl)ncnc43)[C@@H]3OC(C)(C)O[C@H]23)C(=O)OC(C)(C)C)C1. The molecule has 0 unspecified atom stereocenters. The number of hydrogen-bond donors (Lipinski definition) is 0. The van der Waals surface area contributed by atoms with Gasteiger partial charge in [-0.2, -0.15) is 0 Å². The van der Waals surface area contributed by atoms with Gasteiger partial charge in [-0.3, -0.25) is 0 Å². The van der Waals surface area contributed by atoms with Crippen molar-refractivity contribution < 1.29 is 28.5 Å². The van der Waals surface area contributed by atoms with Crippen LogP contribution in [0.25, 0.3) is 11.0 Å². The summed E-state index contributed by atoms with van der Waals surface area (Å²) in [7, 11) is 0. The predicted octanol–water partition coefficient (Wildman–Crippen LogP) is 6.05. The van der Waals surface area contributed by atoms with E-state index in [0.29, 0.717) is 37.8 Å². The molecule has 3 aliphatic rings. The molecule has 12 heteroatoms. The van der Waals surface area contributed by atoms with Crippen molar-refractivity contribution in [1.29, 1.82) is 0 Å². The van der Waals surface area contributed by atoms with Gasteiger partial charge in [0.15, 0.2) is 5.79 Å². The molecule has 238 valence electrons. The highest BCUT2D eigenvalue weighted by Gasteiger charge is 2.55. The van der Waals surface area contributed by atoms with Gasteiger partial charge in [-0.1, -0.05) is 11.6 Å². The van der Waals surface area contributed by atoms with Gasteiger partial charge in [0.25, 0.3) is 0 Å². The van der Waals surface area contributed by atoms with Crippen LogP contribution in [0.3, 0.4) is 0 Å². The lowest BCUT2D eigenvalue weighted by Gasteiger charge is -2.37. The molecule has 1 saturated carbocycles. The lowest BCUT2D eigenvalue weighted by Crippen LogP contribution is -2.48. The number of halogens is 1. The van der Waals surface area contributed by atoms with Crippen molar-refractivity contribution in [3.05, 3.63) is 23.7 Å².